The highest BCUT2D eigenvalue weighted by atomic mass is 79.9. The number of halogens is 1. The highest BCUT2D eigenvalue weighted by Gasteiger charge is 2.03. The molecule has 1 rings (SSSR count). The number of aromatic nitrogens is 1. The molecule has 0 amide bonds. The van der Waals surface area contributed by atoms with Gasteiger partial charge in [-0.25, -0.2) is 4.98 Å². The Bertz CT molecular complexity index is 338. The first-order valence-corrected chi connectivity index (χ1v) is 4.70. The minimum atomic E-state index is -0.464. The standard InChI is InChI=1S/C10H11BrN2/c1-10(2,12)6-5-9-4-3-8(11)7-13-9/h3-4,7H,12H2,1-2H3. The molecule has 0 fully saturated rings. The summed E-state index contributed by atoms with van der Waals surface area (Å²) in [5.74, 6) is 5.81. The molecule has 1 aromatic heterocycles. The van der Waals surface area contributed by atoms with Gasteiger partial charge in [-0.2, -0.15) is 0 Å². The second kappa shape index (κ2) is 3.91. The summed E-state index contributed by atoms with van der Waals surface area (Å²) in [7, 11) is 0. The van der Waals surface area contributed by atoms with E-state index in [9.17, 15) is 0 Å². The van der Waals surface area contributed by atoms with Gasteiger partial charge in [0.05, 0.1) is 5.54 Å². The van der Waals surface area contributed by atoms with E-state index in [2.05, 4.69) is 32.8 Å². The van der Waals surface area contributed by atoms with Gasteiger partial charge < -0.3 is 5.73 Å². The Morgan fingerprint density at radius 3 is 2.62 bits per heavy atom. The molecule has 0 aliphatic rings. The van der Waals surface area contributed by atoms with E-state index >= 15 is 0 Å². The molecule has 3 heteroatoms. The summed E-state index contributed by atoms with van der Waals surface area (Å²) >= 11 is 3.30. The summed E-state index contributed by atoms with van der Waals surface area (Å²) < 4.78 is 0.949. The van der Waals surface area contributed by atoms with Gasteiger partial charge in [-0.15, -0.1) is 0 Å². The molecule has 0 aromatic carbocycles. The van der Waals surface area contributed by atoms with Crippen LogP contribution in [0, 0.1) is 11.8 Å². The van der Waals surface area contributed by atoms with Crippen LogP contribution in [0.5, 0.6) is 0 Å². The maximum absolute atomic E-state index is 5.70. The normalized spacial score (nSPS) is 10.5. The van der Waals surface area contributed by atoms with Gasteiger partial charge in [0.2, 0.25) is 0 Å². The van der Waals surface area contributed by atoms with Crippen molar-refractivity contribution in [1.82, 2.24) is 4.98 Å². The molecule has 0 radical (unpaired) electrons. The fourth-order valence-electron chi connectivity index (χ4n) is 0.675. The van der Waals surface area contributed by atoms with E-state index < -0.39 is 5.54 Å². The predicted octanol–water partition coefficient (Wildman–Crippen LogP) is 1.93. The second-order valence-corrected chi connectivity index (χ2v) is 4.25. The number of hydrogen-bond acceptors (Lipinski definition) is 2. The number of nitrogens with zero attached hydrogens (tertiary/aromatic N) is 1. The average molecular weight is 239 g/mol. The summed E-state index contributed by atoms with van der Waals surface area (Å²) in [5.41, 5.74) is 5.98. The van der Waals surface area contributed by atoms with E-state index in [-0.39, 0.29) is 0 Å². The SMILES string of the molecule is CC(C)(N)C#Cc1ccc(Br)cn1. The van der Waals surface area contributed by atoms with Crippen LogP contribution in [0.3, 0.4) is 0 Å². The molecule has 0 unspecified atom stereocenters. The smallest absolute Gasteiger partial charge is 0.113 e. The van der Waals surface area contributed by atoms with Crippen LogP contribution in [0.4, 0.5) is 0 Å². The van der Waals surface area contributed by atoms with Crippen molar-refractivity contribution in [3.05, 3.63) is 28.5 Å². The molecule has 0 aliphatic heterocycles. The van der Waals surface area contributed by atoms with Crippen LogP contribution in [0.25, 0.3) is 0 Å². The van der Waals surface area contributed by atoms with Crippen LogP contribution in [0.2, 0.25) is 0 Å². The van der Waals surface area contributed by atoms with Crippen LogP contribution in [0.1, 0.15) is 19.5 Å². The van der Waals surface area contributed by atoms with Crippen LogP contribution in [-0.2, 0) is 0 Å². The van der Waals surface area contributed by atoms with Crippen molar-refractivity contribution in [2.45, 2.75) is 19.4 Å². The maximum Gasteiger partial charge on any atom is 0.113 e. The number of pyridine rings is 1. The Morgan fingerprint density at radius 1 is 1.46 bits per heavy atom. The first-order chi connectivity index (χ1) is 5.97. The van der Waals surface area contributed by atoms with Crippen molar-refractivity contribution < 1.29 is 0 Å². The van der Waals surface area contributed by atoms with Gasteiger partial charge in [-0.3, -0.25) is 0 Å². The Morgan fingerprint density at radius 2 is 2.15 bits per heavy atom. The van der Waals surface area contributed by atoms with Crippen molar-refractivity contribution in [2.75, 3.05) is 0 Å². The molecule has 2 N–H and O–H groups in total. The van der Waals surface area contributed by atoms with Crippen molar-refractivity contribution in [2.24, 2.45) is 5.73 Å². The third-order valence-electron chi connectivity index (χ3n) is 1.24. The van der Waals surface area contributed by atoms with Gasteiger partial charge >= 0.3 is 0 Å². The van der Waals surface area contributed by atoms with Gasteiger partial charge in [0.1, 0.15) is 5.69 Å². The summed E-state index contributed by atoms with van der Waals surface area (Å²) in [5, 5.41) is 0. The Balaban J connectivity index is 2.85. The summed E-state index contributed by atoms with van der Waals surface area (Å²) in [6.45, 7) is 3.72. The minimum absolute atomic E-state index is 0.464. The summed E-state index contributed by atoms with van der Waals surface area (Å²) in [4.78, 5) is 4.11. The van der Waals surface area contributed by atoms with Gasteiger partial charge in [-0.1, -0.05) is 5.92 Å². The molecule has 0 aliphatic carbocycles. The van der Waals surface area contributed by atoms with E-state index in [1.807, 2.05) is 26.0 Å². The molecule has 0 atom stereocenters. The Kier molecular flexibility index (Phi) is 3.07. The molecule has 1 aromatic rings. The van der Waals surface area contributed by atoms with E-state index in [0.29, 0.717) is 0 Å². The maximum atomic E-state index is 5.70. The van der Waals surface area contributed by atoms with Gasteiger partial charge in [-0.05, 0) is 47.8 Å². The monoisotopic (exact) mass is 238 g/mol. The number of hydrogen-bond donors (Lipinski definition) is 1. The summed E-state index contributed by atoms with van der Waals surface area (Å²) in [6.07, 6.45) is 1.72. The van der Waals surface area contributed by atoms with Crippen LogP contribution < -0.4 is 5.73 Å². The molecule has 0 saturated carbocycles. The molecule has 2 nitrogen and oxygen atoms in total. The lowest BCUT2D eigenvalue weighted by atomic mass is 10.1. The minimum Gasteiger partial charge on any atom is -0.316 e. The molecule has 0 spiro atoms. The zero-order chi connectivity index (χ0) is 9.90. The van der Waals surface area contributed by atoms with Crippen molar-refractivity contribution in [1.29, 1.82) is 0 Å². The molecular weight excluding hydrogens is 228 g/mol. The van der Waals surface area contributed by atoms with Gasteiger partial charge in [0, 0.05) is 10.7 Å². The molecule has 0 bridgehead atoms. The van der Waals surface area contributed by atoms with Crippen molar-refractivity contribution >= 4 is 15.9 Å². The Hall–Kier alpha value is -0.850. The lowest BCUT2D eigenvalue weighted by Crippen LogP contribution is -2.29. The average Bonchev–Trinajstić information content (AvgIpc) is 2.02. The van der Waals surface area contributed by atoms with Crippen LogP contribution in [-0.4, -0.2) is 10.5 Å². The number of rotatable bonds is 0. The first kappa shape index (κ1) is 10.2. The first-order valence-electron chi connectivity index (χ1n) is 3.91. The largest absolute Gasteiger partial charge is 0.316 e. The quantitative estimate of drug-likeness (QED) is 0.702. The highest BCUT2D eigenvalue weighted by molar-refractivity contribution is 9.10. The topological polar surface area (TPSA) is 38.9 Å². The zero-order valence-electron chi connectivity index (χ0n) is 7.63. The molecule has 0 saturated heterocycles. The van der Waals surface area contributed by atoms with E-state index in [1.165, 1.54) is 0 Å². The van der Waals surface area contributed by atoms with Crippen molar-refractivity contribution in [3.8, 4) is 11.8 Å². The van der Waals surface area contributed by atoms with E-state index in [0.717, 1.165) is 10.2 Å². The van der Waals surface area contributed by atoms with Gasteiger partial charge in [0.25, 0.3) is 0 Å². The number of nitrogens with two attached hydrogens (primary N) is 1. The highest BCUT2D eigenvalue weighted by Crippen LogP contribution is 2.06. The van der Waals surface area contributed by atoms with Gasteiger partial charge in [0.15, 0.2) is 0 Å². The fraction of sp³-hybridized carbons (Fsp3) is 0.300. The van der Waals surface area contributed by atoms with Crippen LogP contribution in [0.15, 0.2) is 22.8 Å². The third kappa shape index (κ3) is 4.07. The Labute approximate surface area is 86.7 Å². The third-order valence-corrected chi connectivity index (χ3v) is 1.71. The van der Waals surface area contributed by atoms with Crippen LogP contribution >= 0.6 is 15.9 Å². The second-order valence-electron chi connectivity index (χ2n) is 3.33. The lowest BCUT2D eigenvalue weighted by Gasteiger charge is -2.07. The van der Waals surface area contributed by atoms with E-state index in [4.69, 9.17) is 5.73 Å². The predicted molar refractivity (Wildman–Crippen MR) is 57.1 cm³/mol. The molecule has 13 heavy (non-hydrogen) atoms. The van der Waals surface area contributed by atoms with Crippen molar-refractivity contribution in [3.63, 3.8) is 0 Å². The molecule has 68 valence electrons. The fourth-order valence-corrected chi connectivity index (χ4v) is 0.909. The lowest BCUT2D eigenvalue weighted by molar-refractivity contribution is 0.680. The summed E-state index contributed by atoms with van der Waals surface area (Å²) in [6, 6.07) is 3.75. The molecule has 1 heterocycles. The molecular formula is C10H11BrN2. The zero-order valence-corrected chi connectivity index (χ0v) is 9.22. The van der Waals surface area contributed by atoms with E-state index in [1.54, 1.807) is 6.20 Å².